The molecule has 0 spiro atoms. The van der Waals surface area contributed by atoms with Crippen LogP contribution in [0, 0.1) is 6.92 Å². The zero-order chi connectivity index (χ0) is 16.2. The van der Waals surface area contributed by atoms with Gasteiger partial charge in [0.05, 0.1) is 6.04 Å². The van der Waals surface area contributed by atoms with Crippen LogP contribution in [0.25, 0.3) is 0 Å². The van der Waals surface area contributed by atoms with Crippen LogP contribution in [0.3, 0.4) is 0 Å². The molecule has 0 aliphatic carbocycles. The second-order valence-corrected chi connectivity index (χ2v) is 6.16. The first-order chi connectivity index (χ1) is 11.1. The number of carbonyl (C=O) groups excluding carboxylic acids is 1. The molecule has 2 heterocycles. The lowest BCUT2D eigenvalue weighted by molar-refractivity contribution is 0.0927. The monoisotopic (exact) mass is 334 g/mol. The maximum Gasteiger partial charge on any atom is 0.275 e. The summed E-state index contributed by atoms with van der Waals surface area (Å²) in [7, 11) is 0. The van der Waals surface area contributed by atoms with Gasteiger partial charge in [0.15, 0.2) is 5.69 Å². The fourth-order valence-electron chi connectivity index (χ4n) is 2.91. The van der Waals surface area contributed by atoms with Crippen LogP contribution in [-0.2, 0) is 0 Å². The van der Waals surface area contributed by atoms with Crippen molar-refractivity contribution < 1.29 is 9.42 Å². The Morgan fingerprint density at radius 1 is 1.30 bits per heavy atom. The molecule has 1 aromatic carbocycles. The molecule has 0 radical (unpaired) electrons. The Morgan fingerprint density at radius 2 is 2.00 bits per heavy atom. The summed E-state index contributed by atoms with van der Waals surface area (Å²) < 4.78 is 4.58. The molecule has 1 unspecified atom stereocenters. The van der Waals surface area contributed by atoms with E-state index in [4.69, 9.17) is 11.6 Å². The van der Waals surface area contributed by atoms with Gasteiger partial charge in [0.1, 0.15) is 5.69 Å². The van der Waals surface area contributed by atoms with Crippen molar-refractivity contribution in [2.24, 2.45) is 0 Å². The van der Waals surface area contributed by atoms with Crippen LogP contribution in [0.4, 0.5) is 0 Å². The van der Waals surface area contributed by atoms with Gasteiger partial charge in [0.2, 0.25) is 0 Å². The first-order valence-electron chi connectivity index (χ1n) is 7.72. The van der Waals surface area contributed by atoms with E-state index in [-0.39, 0.29) is 17.6 Å². The molecule has 3 rings (SSSR count). The van der Waals surface area contributed by atoms with Crippen LogP contribution in [0.15, 0.2) is 28.9 Å². The third kappa shape index (κ3) is 3.71. The number of hydrogen-bond donors (Lipinski definition) is 1. The average molecular weight is 335 g/mol. The topological polar surface area (TPSA) is 71.3 Å². The highest BCUT2D eigenvalue weighted by Gasteiger charge is 2.25. The lowest BCUT2D eigenvalue weighted by Crippen LogP contribution is -2.37. The molecule has 0 bridgehead atoms. The molecule has 1 atom stereocenters. The van der Waals surface area contributed by atoms with Gasteiger partial charge in [0, 0.05) is 11.6 Å². The number of aryl methyl sites for hydroxylation is 1. The third-order valence-corrected chi connectivity index (χ3v) is 4.41. The quantitative estimate of drug-likeness (QED) is 0.910. The second-order valence-electron chi connectivity index (χ2n) is 5.72. The number of benzene rings is 1. The van der Waals surface area contributed by atoms with E-state index < -0.39 is 0 Å². The molecule has 7 heteroatoms. The maximum absolute atomic E-state index is 12.2. The lowest BCUT2D eigenvalue weighted by Gasteiger charge is -2.28. The first-order valence-corrected chi connectivity index (χ1v) is 8.10. The molecule has 1 aliphatic rings. The van der Waals surface area contributed by atoms with Gasteiger partial charge in [0.25, 0.3) is 5.91 Å². The summed E-state index contributed by atoms with van der Waals surface area (Å²) in [6.07, 6.45) is 2.37. The molecule has 1 saturated heterocycles. The summed E-state index contributed by atoms with van der Waals surface area (Å²) in [4.78, 5) is 14.6. The van der Waals surface area contributed by atoms with E-state index in [1.54, 1.807) is 6.92 Å². The zero-order valence-corrected chi connectivity index (χ0v) is 13.7. The minimum absolute atomic E-state index is 0.124. The second kappa shape index (κ2) is 7.10. The number of aromatic nitrogens is 2. The Morgan fingerprint density at radius 3 is 2.61 bits per heavy atom. The highest BCUT2D eigenvalue weighted by molar-refractivity contribution is 6.30. The summed E-state index contributed by atoms with van der Waals surface area (Å²) >= 11 is 5.98. The smallest absolute Gasteiger partial charge is 0.275 e. The van der Waals surface area contributed by atoms with Crippen molar-refractivity contribution >= 4 is 17.5 Å². The first kappa shape index (κ1) is 16.0. The fraction of sp³-hybridized carbons (Fsp3) is 0.438. The predicted octanol–water partition coefficient (Wildman–Crippen LogP) is 2.60. The molecule has 1 fully saturated rings. The number of hydrogen-bond acceptors (Lipinski definition) is 5. The van der Waals surface area contributed by atoms with Crippen molar-refractivity contribution in [2.75, 3.05) is 19.6 Å². The van der Waals surface area contributed by atoms with Crippen LogP contribution < -0.4 is 5.32 Å². The number of amides is 1. The molecule has 122 valence electrons. The summed E-state index contributed by atoms with van der Waals surface area (Å²) in [5.74, 6) is -0.262. The lowest BCUT2D eigenvalue weighted by atomic mass is 10.1. The van der Waals surface area contributed by atoms with Gasteiger partial charge in [-0.15, -0.1) is 0 Å². The van der Waals surface area contributed by atoms with E-state index in [9.17, 15) is 4.79 Å². The van der Waals surface area contributed by atoms with Crippen LogP contribution in [0.2, 0.25) is 5.02 Å². The van der Waals surface area contributed by atoms with E-state index in [2.05, 4.69) is 25.2 Å². The molecular formula is C16H19ClN4O2. The van der Waals surface area contributed by atoms with Crippen molar-refractivity contribution in [3.63, 3.8) is 0 Å². The van der Waals surface area contributed by atoms with Gasteiger partial charge in [-0.05, 0) is 55.7 Å². The SMILES string of the molecule is Cc1nonc1C(=O)NCC(c1ccc(Cl)cc1)N1CCCC1. The molecule has 2 aromatic rings. The number of halogens is 1. The highest BCUT2D eigenvalue weighted by Crippen LogP contribution is 2.25. The van der Waals surface area contributed by atoms with Crippen LogP contribution in [0.5, 0.6) is 0 Å². The van der Waals surface area contributed by atoms with Gasteiger partial charge in [-0.25, -0.2) is 4.63 Å². The predicted molar refractivity (Wildman–Crippen MR) is 86.4 cm³/mol. The zero-order valence-electron chi connectivity index (χ0n) is 13.0. The molecule has 1 amide bonds. The maximum atomic E-state index is 12.2. The number of rotatable bonds is 5. The summed E-state index contributed by atoms with van der Waals surface area (Å²) in [6.45, 7) is 4.27. The largest absolute Gasteiger partial charge is 0.349 e. The van der Waals surface area contributed by atoms with Crippen LogP contribution >= 0.6 is 11.6 Å². The molecule has 1 N–H and O–H groups in total. The Bertz CT molecular complexity index is 665. The Balaban J connectivity index is 1.72. The molecular weight excluding hydrogens is 316 g/mol. The summed E-state index contributed by atoms with van der Waals surface area (Å²) in [5.41, 5.74) is 1.87. The van der Waals surface area contributed by atoms with Gasteiger partial charge in [-0.1, -0.05) is 28.9 Å². The number of nitrogens with one attached hydrogen (secondary N) is 1. The summed E-state index contributed by atoms with van der Waals surface area (Å²) in [6, 6.07) is 7.92. The Hall–Kier alpha value is -1.92. The van der Waals surface area contributed by atoms with Gasteiger partial charge in [-0.2, -0.15) is 0 Å². The standard InChI is InChI=1S/C16H19ClN4O2/c1-11-15(20-23-19-11)16(22)18-10-14(21-8-2-3-9-21)12-4-6-13(17)7-5-12/h4-7,14H,2-3,8-10H2,1H3,(H,18,22). The normalized spacial score (nSPS) is 16.4. The number of likely N-dealkylation sites (tertiary alicyclic amines) is 1. The average Bonchev–Trinajstić information content (AvgIpc) is 3.20. The minimum Gasteiger partial charge on any atom is -0.349 e. The molecule has 0 saturated carbocycles. The fourth-order valence-corrected chi connectivity index (χ4v) is 3.03. The van der Waals surface area contributed by atoms with Crippen LogP contribution in [0.1, 0.15) is 40.6 Å². The van der Waals surface area contributed by atoms with Gasteiger partial charge < -0.3 is 5.32 Å². The minimum atomic E-state index is -0.262. The van der Waals surface area contributed by atoms with E-state index >= 15 is 0 Å². The van der Waals surface area contributed by atoms with E-state index in [1.807, 2.05) is 24.3 Å². The summed E-state index contributed by atoms with van der Waals surface area (Å²) in [5, 5.41) is 10.9. The Kier molecular flexibility index (Phi) is 4.93. The van der Waals surface area contributed by atoms with Crippen molar-refractivity contribution in [2.45, 2.75) is 25.8 Å². The molecule has 1 aliphatic heterocycles. The van der Waals surface area contributed by atoms with Crippen molar-refractivity contribution in [3.05, 3.63) is 46.2 Å². The van der Waals surface area contributed by atoms with Crippen molar-refractivity contribution in [1.29, 1.82) is 0 Å². The van der Waals surface area contributed by atoms with E-state index in [1.165, 1.54) is 12.8 Å². The van der Waals surface area contributed by atoms with Crippen LogP contribution in [-0.4, -0.2) is 40.8 Å². The highest BCUT2D eigenvalue weighted by atomic mass is 35.5. The van der Waals surface area contributed by atoms with Gasteiger partial charge in [-0.3, -0.25) is 9.69 Å². The van der Waals surface area contributed by atoms with Crippen molar-refractivity contribution in [3.8, 4) is 0 Å². The van der Waals surface area contributed by atoms with E-state index in [0.29, 0.717) is 17.3 Å². The Labute approximate surface area is 139 Å². The number of nitrogens with zero attached hydrogens (tertiary/aromatic N) is 3. The third-order valence-electron chi connectivity index (χ3n) is 4.16. The number of carbonyl (C=O) groups is 1. The van der Waals surface area contributed by atoms with Crippen molar-refractivity contribution in [1.82, 2.24) is 20.5 Å². The molecule has 6 nitrogen and oxygen atoms in total. The molecule has 23 heavy (non-hydrogen) atoms. The molecule has 1 aromatic heterocycles. The van der Waals surface area contributed by atoms with Gasteiger partial charge >= 0.3 is 0 Å². The van der Waals surface area contributed by atoms with E-state index in [0.717, 1.165) is 18.7 Å².